The average Bonchev–Trinajstić information content (AvgIpc) is 2.66. The van der Waals surface area contributed by atoms with Gasteiger partial charge < -0.3 is 0 Å². The van der Waals surface area contributed by atoms with E-state index >= 15 is 0 Å². The highest BCUT2D eigenvalue weighted by Crippen LogP contribution is 2.48. The van der Waals surface area contributed by atoms with Crippen LogP contribution < -0.4 is 0 Å². The molecular formula is C27H32O. The normalized spacial score (nSPS) is 20.4. The number of hydrogen-bond acceptors (Lipinski definition) is 1. The van der Waals surface area contributed by atoms with Crippen LogP contribution in [0.5, 0.6) is 0 Å². The van der Waals surface area contributed by atoms with Gasteiger partial charge in [0.15, 0.2) is 0 Å². The summed E-state index contributed by atoms with van der Waals surface area (Å²) in [4.78, 5) is 13.6. The molecule has 1 aliphatic carbocycles. The van der Waals surface area contributed by atoms with Crippen LogP contribution in [0, 0.1) is 16.7 Å². The highest BCUT2D eigenvalue weighted by molar-refractivity contribution is 5.92. The molecule has 0 heterocycles. The summed E-state index contributed by atoms with van der Waals surface area (Å²) in [6, 6.07) is 21.0. The predicted octanol–water partition coefficient (Wildman–Crippen LogP) is 7.07. The van der Waals surface area contributed by atoms with Crippen LogP contribution in [0.4, 0.5) is 0 Å². The first-order valence-electron chi connectivity index (χ1n) is 10.2. The summed E-state index contributed by atoms with van der Waals surface area (Å²) in [7, 11) is 0. The molecule has 0 bridgehead atoms. The van der Waals surface area contributed by atoms with Crippen LogP contribution in [0.3, 0.4) is 0 Å². The molecule has 0 amide bonds. The van der Waals surface area contributed by atoms with E-state index in [0.717, 1.165) is 0 Å². The molecule has 1 nitrogen and oxygen atoms in total. The Labute approximate surface area is 170 Å². The number of rotatable bonds is 3. The van der Waals surface area contributed by atoms with Gasteiger partial charge in [0, 0.05) is 11.3 Å². The van der Waals surface area contributed by atoms with E-state index in [2.05, 4.69) is 81.5 Å². The highest BCUT2D eigenvalue weighted by Gasteiger charge is 2.42. The monoisotopic (exact) mass is 372 g/mol. The van der Waals surface area contributed by atoms with E-state index in [9.17, 15) is 4.79 Å². The lowest BCUT2D eigenvalue weighted by atomic mass is 9.63. The Balaban J connectivity index is 2.23. The van der Waals surface area contributed by atoms with E-state index in [1.807, 2.05) is 32.9 Å². The first kappa shape index (κ1) is 20.3. The Bertz CT molecular complexity index is 887. The molecule has 2 aromatic rings. The first-order valence-corrected chi connectivity index (χ1v) is 10.2. The van der Waals surface area contributed by atoms with Gasteiger partial charge in [0.05, 0.1) is 5.92 Å². The predicted molar refractivity (Wildman–Crippen MR) is 119 cm³/mol. The van der Waals surface area contributed by atoms with Gasteiger partial charge in [-0.3, -0.25) is 4.79 Å². The molecule has 2 aromatic carbocycles. The molecular weight excluding hydrogens is 340 g/mol. The summed E-state index contributed by atoms with van der Waals surface area (Å²) in [6.45, 7) is 12.8. The maximum atomic E-state index is 13.6. The van der Waals surface area contributed by atoms with Crippen LogP contribution >= 0.6 is 0 Å². The number of hydrogen-bond donors (Lipinski definition) is 0. The lowest BCUT2D eigenvalue weighted by molar-refractivity contribution is -0.130. The fourth-order valence-electron chi connectivity index (χ4n) is 4.02. The van der Waals surface area contributed by atoms with Gasteiger partial charge in [0.2, 0.25) is 0 Å². The summed E-state index contributed by atoms with van der Waals surface area (Å²) < 4.78 is 0. The van der Waals surface area contributed by atoms with Crippen molar-refractivity contribution in [1.29, 1.82) is 0 Å². The highest BCUT2D eigenvalue weighted by atomic mass is 16.1. The summed E-state index contributed by atoms with van der Waals surface area (Å²) >= 11 is 0. The maximum absolute atomic E-state index is 13.6. The van der Waals surface area contributed by atoms with E-state index in [1.165, 1.54) is 22.3 Å². The fraction of sp³-hybridized carbons (Fsp3) is 0.370. The zero-order valence-corrected chi connectivity index (χ0v) is 18.0. The van der Waals surface area contributed by atoms with Gasteiger partial charge in [-0.05, 0) is 22.1 Å². The lowest BCUT2D eigenvalue weighted by Gasteiger charge is -2.40. The van der Waals surface area contributed by atoms with Crippen molar-refractivity contribution in [3.8, 4) is 0 Å². The lowest BCUT2D eigenvalue weighted by Crippen LogP contribution is -2.37. The molecule has 2 unspecified atom stereocenters. The first-order chi connectivity index (χ1) is 13.1. The Morgan fingerprint density at radius 1 is 0.786 bits per heavy atom. The van der Waals surface area contributed by atoms with E-state index in [-0.39, 0.29) is 22.7 Å². The van der Waals surface area contributed by atoms with Crippen molar-refractivity contribution < 1.29 is 4.79 Å². The minimum absolute atomic E-state index is 0.0438. The average molecular weight is 373 g/mol. The SMILES string of the molecule is CC(C)(C)C(=O)C1C(C(C)(C)C)=CC(c2ccccc2)=CC1c1ccccc1. The zero-order valence-electron chi connectivity index (χ0n) is 18.0. The van der Waals surface area contributed by atoms with Crippen LogP contribution in [-0.4, -0.2) is 5.78 Å². The molecule has 1 aliphatic rings. The molecule has 0 aromatic heterocycles. The van der Waals surface area contributed by atoms with Gasteiger partial charge in [0.1, 0.15) is 5.78 Å². The van der Waals surface area contributed by atoms with Gasteiger partial charge in [-0.15, -0.1) is 0 Å². The van der Waals surface area contributed by atoms with Crippen LogP contribution in [0.15, 0.2) is 78.4 Å². The van der Waals surface area contributed by atoms with E-state index < -0.39 is 0 Å². The number of Topliss-reactive ketones (excluding diaryl/α,β-unsaturated/α-hetero) is 1. The Kier molecular flexibility index (Phi) is 5.48. The smallest absolute Gasteiger partial charge is 0.146 e. The van der Waals surface area contributed by atoms with Gasteiger partial charge in [-0.1, -0.05) is 120 Å². The van der Waals surface area contributed by atoms with Gasteiger partial charge in [-0.2, -0.15) is 0 Å². The van der Waals surface area contributed by atoms with Gasteiger partial charge >= 0.3 is 0 Å². The molecule has 1 heteroatoms. The molecule has 3 rings (SSSR count). The third-order valence-electron chi connectivity index (χ3n) is 5.54. The minimum Gasteiger partial charge on any atom is -0.298 e. The van der Waals surface area contributed by atoms with Crippen LogP contribution in [-0.2, 0) is 4.79 Å². The second-order valence-corrected chi connectivity index (χ2v) is 9.87. The largest absolute Gasteiger partial charge is 0.298 e. The Hall–Kier alpha value is -2.41. The van der Waals surface area contributed by atoms with Crippen molar-refractivity contribution in [1.82, 2.24) is 0 Å². The maximum Gasteiger partial charge on any atom is 0.146 e. The second kappa shape index (κ2) is 7.54. The molecule has 0 radical (unpaired) electrons. The topological polar surface area (TPSA) is 17.1 Å². The third kappa shape index (κ3) is 4.19. The van der Waals surface area contributed by atoms with Crippen LogP contribution in [0.25, 0.3) is 5.57 Å². The van der Waals surface area contributed by atoms with Crippen molar-refractivity contribution in [2.45, 2.75) is 47.5 Å². The van der Waals surface area contributed by atoms with Crippen molar-refractivity contribution in [3.05, 3.63) is 89.5 Å². The molecule has 0 saturated heterocycles. The number of carbonyl (C=O) groups excluding carboxylic acids is 1. The standard InChI is InChI=1S/C27H32O/c1-26(2,3)23-18-21(19-13-9-7-10-14-19)17-22(20-15-11-8-12-16-20)24(23)25(28)27(4,5)6/h7-18,22,24H,1-6H3. The summed E-state index contributed by atoms with van der Waals surface area (Å²) in [6.07, 6.45) is 4.57. The minimum atomic E-state index is -0.389. The van der Waals surface area contributed by atoms with Gasteiger partial charge in [0.25, 0.3) is 0 Å². The Morgan fingerprint density at radius 2 is 1.32 bits per heavy atom. The van der Waals surface area contributed by atoms with Gasteiger partial charge in [-0.25, -0.2) is 0 Å². The van der Waals surface area contributed by atoms with E-state index in [1.54, 1.807) is 0 Å². The number of benzene rings is 2. The van der Waals surface area contributed by atoms with Crippen molar-refractivity contribution in [2.24, 2.45) is 16.7 Å². The van der Waals surface area contributed by atoms with E-state index in [4.69, 9.17) is 0 Å². The number of allylic oxidation sites excluding steroid dienone is 4. The summed E-state index contributed by atoms with van der Waals surface area (Å²) in [5.41, 5.74) is 4.35. The van der Waals surface area contributed by atoms with Crippen molar-refractivity contribution in [3.63, 3.8) is 0 Å². The summed E-state index contributed by atoms with van der Waals surface area (Å²) in [5.74, 6) is 0.211. The molecule has 2 atom stereocenters. The quantitative estimate of drug-likeness (QED) is 0.563. The molecule has 0 saturated carbocycles. The van der Waals surface area contributed by atoms with Crippen molar-refractivity contribution in [2.75, 3.05) is 0 Å². The van der Waals surface area contributed by atoms with E-state index in [0.29, 0.717) is 5.78 Å². The fourth-order valence-corrected chi connectivity index (χ4v) is 4.02. The van der Waals surface area contributed by atoms with Crippen molar-refractivity contribution >= 4 is 11.4 Å². The number of ketones is 1. The van der Waals surface area contributed by atoms with Crippen LogP contribution in [0.2, 0.25) is 0 Å². The zero-order chi connectivity index (χ0) is 20.5. The Morgan fingerprint density at radius 3 is 1.82 bits per heavy atom. The molecule has 146 valence electrons. The van der Waals surface area contributed by atoms with Crippen LogP contribution in [0.1, 0.15) is 58.6 Å². The molecule has 0 N–H and O–H groups in total. The number of carbonyl (C=O) groups is 1. The molecule has 0 fully saturated rings. The molecule has 0 aliphatic heterocycles. The third-order valence-corrected chi connectivity index (χ3v) is 5.54. The molecule has 28 heavy (non-hydrogen) atoms. The molecule has 0 spiro atoms. The second-order valence-electron chi connectivity index (χ2n) is 9.87. The summed E-state index contributed by atoms with van der Waals surface area (Å²) in [5, 5.41) is 0.